The summed E-state index contributed by atoms with van der Waals surface area (Å²) in [4.78, 5) is 4.02. The molecule has 2 spiro atoms. The van der Waals surface area contributed by atoms with Gasteiger partial charge in [-0.05, 0) is 60.3 Å². The average molecular weight is 480 g/mol. The van der Waals surface area contributed by atoms with E-state index in [0.717, 1.165) is 23.9 Å². The first kappa shape index (κ1) is 21.8. The van der Waals surface area contributed by atoms with Gasteiger partial charge in [0, 0.05) is 36.3 Å². The first-order valence-electron chi connectivity index (χ1n) is 11.7. The molecule has 2 aliphatic carbocycles. The third kappa shape index (κ3) is 3.31. The van der Waals surface area contributed by atoms with Crippen LogP contribution in [0.1, 0.15) is 36.8 Å². The molecule has 6 rings (SSSR count). The van der Waals surface area contributed by atoms with Gasteiger partial charge in [-0.15, -0.1) is 5.11 Å². The molecule has 2 aliphatic heterocycles. The molecule has 178 valence electrons. The molecule has 0 amide bonds. The molecule has 2 aromatic rings. The number of sulfonamides is 1. The van der Waals surface area contributed by atoms with Gasteiger partial charge in [0.25, 0.3) is 0 Å². The monoisotopic (exact) mass is 479 g/mol. The van der Waals surface area contributed by atoms with Gasteiger partial charge in [-0.25, -0.2) is 13.6 Å². The van der Waals surface area contributed by atoms with Crippen molar-refractivity contribution in [3.63, 3.8) is 0 Å². The van der Waals surface area contributed by atoms with Crippen LogP contribution in [-0.2, 0) is 16.6 Å². The van der Waals surface area contributed by atoms with E-state index < -0.39 is 10.0 Å². The van der Waals surface area contributed by atoms with Crippen LogP contribution in [0.2, 0.25) is 0 Å². The van der Waals surface area contributed by atoms with Crippen LogP contribution < -0.4 is 21.6 Å². The highest BCUT2D eigenvalue weighted by atomic mass is 32.2. The van der Waals surface area contributed by atoms with Gasteiger partial charge in [0.2, 0.25) is 10.0 Å². The summed E-state index contributed by atoms with van der Waals surface area (Å²) in [6.07, 6.45) is 5.31. The molecule has 4 fully saturated rings. The molecular weight excluding hydrogens is 450 g/mol. The topological polar surface area (TPSA) is 147 Å². The molecule has 2 unspecified atom stereocenters. The summed E-state index contributed by atoms with van der Waals surface area (Å²) in [5, 5.41) is 20.4. The summed E-state index contributed by atoms with van der Waals surface area (Å²) in [5.74, 6) is 6.87. The minimum Gasteiger partial charge on any atom is -0.309 e. The van der Waals surface area contributed by atoms with E-state index in [2.05, 4.69) is 38.1 Å². The molecule has 10 heteroatoms. The number of nitrogens with two attached hydrogens (primary N) is 2. The van der Waals surface area contributed by atoms with Crippen LogP contribution in [0.25, 0.3) is 11.1 Å². The zero-order valence-corrected chi connectivity index (χ0v) is 19.8. The van der Waals surface area contributed by atoms with Crippen molar-refractivity contribution in [2.24, 2.45) is 38.1 Å². The zero-order chi connectivity index (χ0) is 23.7. The average Bonchev–Trinajstić information content (AvgIpc) is 3.68. The van der Waals surface area contributed by atoms with Crippen LogP contribution in [-0.4, -0.2) is 38.4 Å². The van der Waals surface area contributed by atoms with Crippen molar-refractivity contribution >= 4 is 15.9 Å². The fourth-order valence-corrected chi connectivity index (χ4v) is 7.40. The maximum absolute atomic E-state index is 12.3. The van der Waals surface area contributed by atoms with Crippen LogP contribution in [0, 0.1) is 11.8 Å². The maximum atomic E-state index is 12.3. The summed E-state index contributed by atoms with van der Waals surface area (Å²) in [6.45, 7) is 0.817. The maximum Gasteiger partial charge on any atom is 0.238 e. The highest BCUT2D eigenvalue weighted by molar-refractivity contribution is 7.89. The van der Waals surface area contributed by atoms with Crippen LogP contribution in [0.5, 0.6) is 0 Å². The first-order valence-corrected chi connectivity index (χ1v) is 13.2. The van der Waals surface area contributed by atoms with Gasteiger partial charge in [0.1, 0.15) is 0 Å². The SMILES string of the molecule is CN=C(N=NN)c1c(-c2ccc(CNC3[C@H]4CC45CC[C@@]4(C[C@@H]34)N5)cc2)cccc1S(N)(=O)=O. The molecule has 9 nitrogen and oxygen atoms in total. The lowest BCUT2D eigenvalue weighted by Gasteiger charge is -2.29. The number of benzene rings is 2. The zero-order valence-electron chi connectivity index (χ0n) is 19.0. The van der Waals surface area contributed by atoms with Gasteiger partial charge in [0.15, 0.2) is 5.84 Å². The lowest BCUT2D eigenvalue weighted by atomic mass is 9.97. The van der Waals surface area contributed by atoms with Crippen molar-refractivity contribution in [3.05, 3.63) is 53.6 Å². The van der Waals surface area contributed by atoms with Crippen molar-refractivity contribution in [1.29, 1.82) is 0 Å². The molecule has 2 saturated carbocycles. The Bertz CT molecular complexity index is 1300. The molecule has 0 radical (unpaired) electrons. The fraction of sp³-hybridized carbons (Fsp3) is 0.458. The van der Waals surface area contributed by atoms with Crippen molar-refractivity contribution < 1.29 is 8.42 Å². The second kappa shape index (κ2) is 7.42. The van der Waals surface area contributed by atoms with Crippen LogP contribution >= 0.6 is 0 Å². The normalized spacial score (nSPS) is 33.6. The Balaban J connectivity index is 1.25. The molecule has 4 aliphatic rings. The fourth-order valence-electron chi connectivity index (χ4n) is 6.64. The molecule has 2 aromatic carbocycles. The van der Waals surface area contributed by atoms with Crippen molar-refractivity contribution in [1.82, 2.24) is 10.6 Å². The molecule has 6 N–H and O–H groups in total. The number of hydrogen-bond donors (Lipinski definition) is 4. The second-order valence-corrected chi connectivity index (χ2v) is 11.7. The molecule has 0 aromatic heterocycles. The van der Waals surface area contributed by atoms with Crippen molar-refractivity contribution in [2.45, 2.75) is 54.2 Å². The van der Waals surface area contributed by atoms with E-state index in [9.17, 15) is 8.42 Å². The third-order valence-electron chi connectivity index (χ3n) is 8.38. The standard InChI is InChI=1S/C24H29N7O2S/c1-27-22(29-31-25)20-16(3-2-4-19(20)34(26,32)33)15-7-5-14(6-8-15)13-28-21-17-11-23(17)9-10-24(30-23)12-18(21)24/h2-8,17-18,21,28,30H,9-13H2,1H3,(H2,25,27,29)(H2,26,32,33)/t17-,18+,21?,23-,24?/m0/s1. The lowest BCUT2D eigenvalue weighted by molar-refractivity contribution is 0.298. The number of piperidine rings is 1. The van der Waals surface area contributed by atoms with E-state index in [4.69, 9.17) is 11.0 Å². The third-order valence-corrected chi connectivity index (χ3v) is 9.33. The molecule has 5 atom stereocenters. The van der Waals surface area contributed by atoms with E-state index in [-0.39, 0.29) is 16.3 Å². The minimum atomic E-state index is -4.01. The Morgan fingerprint density at radius 3 is 2.38 bits per heavy atom. The van der Waals surface area contributed by atoms with E-state index in [0.29, 0.717) is 22.7 Å². The number of nitrogens with zero attached hydrogens (tertiary/aromatic N) is 3. The van der Waals surface area contributed by atoms with E-state index >= 15 is 0 Å². The van der Waals surface area contributed by atoms with E-state index in [1.54, 1.807) is 6.07 Å². The Labute approximate surface area is 199 Å². The highest BCUT2D eigenvalue weighted by Crippen LogP contribution is 2.70. The Morgan fingerprint density at radius 1 is 1.12 bits per heavy atom. The molecule has 2 saturated heterocycles. The van der Waals surface area contributed by atoms with Gasteiger partial charge in [-0.2, -0.15) is 0 Å². The second-order valence-electron chi connectivity index (χ2n) is 10.1. The van der Waals surface area contributed by atoms with Crippen molar-refractivity contribution in [3.8, 4) is 11.1 Å². The summed E-state index contributed by atoms with van der Waals surface area (Å²) in [6, 6.07) is 13.6. The highest BCUT2D eigenvalue weighted by Gasteiger charge is 2.77. The summed E-state index contributed by atoms with van der Waals surface area (Å²) >= 11 is 0. The molecule has 2 heterocycles. The predicted octanol–water partition coefficient (Wildman–Crippen LogP) is 2.08. The number of hydrogen-bond acceptors (Lipinski definition) is 6. The molecular formula is C24H29N7O2S. The Kier molecular flexibility index (Phi) is 4.77. The smallest absolute Gasteiger partial charge is 0.238 e. The van der Waals surface area contributed by atoms with Gasteiger partial charge in [0.05, 0.1) is 4.90 Å². The van der Waals surface area contributed by atoms with E-state index in [1.807, 2.05) is 18.2 Å². The largest absolute Gasteiger partial charge is 0.309 e. The van der Waals surface area contributed by atoms with Gasteiger partial charge < -0.3 is 16.5 Å². The summed E-state index contributed by atoms with van der Waals surface area (Å²) in [5.41, 5.74) is 3.82. The number of aliphatic imine (C=N–C) groups is 1. The summed E-state index contributed by atoms with van der Waals surface area (Å²) in [7, 11) is -2.51. The molecule has 34 heavy (non-hydrogen) atoms. The predicted molar refractivity (Wildman–Crippen MR) is 129 cm³/mol. The number of nitrogens with one attached hydrogen (secondary N) is 2. The van der Waals surface area contributed by atoms with Gasteiger partial charge in [-0.1, -0.05) is 41.6 Å². The van der Waals surface area contributed by atoms with Gasteiger partial charge >= 0.3 is 0 Å². The Hall–Kier alpha value is -2.66. The number of rotatable bonds is 6. The van der Waals surface area contributed by atoms with Gasteiger partial charge in [-0.3, -0.25) is 4.99 Å². The minimum absolute atomic E-state index is 0.0685. The summed E-state index contributed by atoms with van der Waals surface area (Å²) < 4.78 is 24.5. The Morgan fingerprint density at radius 2 is 1.79 bits per heavy atom. The quantitative estimate of drug-likeness (QED) is 0.165. The first-order chi connectivity index (χ1) is 16.3. The van der Waals surface area contributed by atoms with E-state index in [1.165, 1.54) is 44.4 Å². The number of amidine groups is 1. The van der Waals surface area contributed by atoms with Crippen LogP contribution in [0.3, 0.4) is 0 Å². The molecule has 2 bridgehead atoms. The van der Waals surface area contributed by atoms with Crippen molar-refractivity contribution in [2.75, 3.05) is 7.05 Å². The number of primary sulfonamides is 1. The lowest BCUT2D eigenvalue weighted by Crippen LogP contribution is -2.49. The van der Waals surface area contributed by atoms with Crippen LogP contribution in [0.4, 0.5) is 0 Å². The van der Waals surface area contributed by atoms with Crippen LogP contribution in [0.15, 0.2) is 62.7 Å².